The van der Waals surface area contributed by atoms with Gasteiger partial charge >= 0.3 is 0 Å². The third-order valence-corrected chi connectivity index (χ3v) is 7.45. The summed E-state index contributed by atoms with van der Waals surface area (Å²) in [4.78, 5) is 26.2. The number of carbonyl (C=O) groups is 1. The number of carbonyl (C=O) groups excluding carboxylic acids is 1. The summed E-state index contributed by atoms with van der Waals surface area (Å²) >= 11 is 1.51. The van der Waals surface area contributed by atoms with Gasteiger partial charge in [-0.1, -0.05) is 0 Å². The second kappa shape index (κ2) is 7.65. The highest BCUT2D eigenvalue weighted by Gasteiger charge is 2.20. The molecule has 6 heterocycles. The molecule has 3 N–H and O–H groups in total. The summed E-state index contributed by atoms with van der Waals surface area (Å²) < 4.78 is 0. The first-order valence-corrected chi connectivity index (χ1v) is 11.6. The summed E-state index contributed by atoms with van der Waals surface area (Å²) in [6, 6.07) is 10.2. The predicted molar refractivity (Wildman–Crippen MR) is 127 cm³/mol. The van der Waals surface area contributed by atoms with Crippen molar-refractivity contribution in [3.8, 4) is 21.8 Å². The van der Waals surface area contributed by atoms with Gasteiger partial charge in [0, 0.05) is 39.0 Å². The smallest absolute Gasteiger partial charge is 0.169 e. The van der Waals surface area contributed by atoms with Crippen LogP contribution in [0.5, 0.6) is 0 Å². The van der Waals surface area contributed by atoms with Gasteiger partial charge in [0.05, 0.1) is 22.3 Å². The lowest BCUT2D eigenvalue weighted by Crippen LogP contribution is -2.27. The largest absolute Gasteiger partial charge is 0.338 e. The molecule has 1 saturated heterocycles. The minimum absolute atomic E-state index is 0.0856. The maximum absolute atomic E-state index is 11.8. The second-order valence-corrected chi connectivity index (χ2v) is 9.36. The number of H-pyrrole nitrogens is 2. The molecule has 1 aliphatic rings. The Balaban J connectivity index is 1.44. The number of thiophene rings is 1. The Kier molecular flexibility index (Phi) is 4.62. The van der Waals surface area contributed by atoms with E-state index in [2.05, 4.69) is 37.6 Å². The molecule has 5 aromatic rings. The molecule has 1 aliphatic heterocycles. The maximum atomic E-state index is 11.8. The standard InChI is InChI=1S/C24H22N6OS/c1-13(31)21-2-3-22(32-21)15-6-9-26-24-16(15)10-19(28-24)23-17-11-18(14-4-7-25-8-5-14)27-12-20(17)29-30-23/h2-3,6,9-12,14,25H,4-5,7-8H2,1H3,(H,26,28)(H,29,30). The van der Waals surface area contributed by atoms with Crippen molar-refractivity contribution in [2.75, 3.05) is 13.1 Å². The highest BCUT2D eigenvalue weighted by molar-refractivity contribution is 7.17. The summed E-state index contributed by atoms with van der Waals surface area (Å²) in [7, 11) is 0. The Labute approximate surface area is 188 Å². The summed E-state index contributed by atoms with van der Waals surface area (Å²) in [6.07, 6.45) is 5.90. The maximum Gasteiger partial charge on any atom is 0.169 e. The van der Waals surface area contributed by atoms with E-state index in [0.717, 1.165) is 80.3 Å². The number of fused-ring (bicyclic) bond motifs is 2. The van der Waals surface area contributed by atoms with Gasteiger partial charge in [-0.15, -0.1) is 11.3 Å². The van der Waals surface area contributed by atoms with Gasteiger partial charge in [-0.25, -0.2) is 4.98 Å². The fraction of sp³-hybridized carbons (Fsp3) is 0.250. The van der Waals surface area contributed by atoms with Crippen LogP contribution in [-0.2, 0) is 0 Å². The van der Waals surface area contributed by atoms with Crippen LogP contribution < -0.4 is 5.32 Å². The third kappa shape index (κ3) is 3.23. The molecule has 0 bridgehead atoms. The van der Waals surface area contributed by atoms with Gasteiger partial charge in [-0.2, -0.15) is 5.10 Å². The Hall–Kier alpha value is -3.36. The average Bonchev–Trinajstić information content (AvgIpc) is 3.56. The molecule has 0 unspecified atom stereocenters. The van der Waals surface area contributed by atoms with Crippen LogP contribution in [0.1, 0.15) is 41.0 Å². The number of piperidine rings is 1. The van der Waals surface area contributed by atoms with Crippen molar-refractivity contribution < 1.29 is 4.79 Å². The molecular formula is C24H22N6OS. The first kappa shape index (κ1) is 19.3. The van der Waals surface area contributed by atoms with E-state index in [1.54, 1.807) is 13.1 Å². The minimum Gasteiger partial charge on any atom is -0.338 e. The lowest BCUT2D eigenvalue weighted by atomic mass is 9.93. The van der Waals surface area contributed by atoms with Crippen LogP contribution in [0.3, 0.4) is 0 Å². The molecule has 1 fully saturated rings. The van der Waals surface area contributed by atoms with Crippen LogP contribution >= 0.6 is 11.3 Å². The number of nitrogens with one attached hydrogen (secondary N) is 3. The van der Waals surface area contributed by atoms with Gasteiger partial charge in [-0.05, 0) is 63.2 Å². The van der Waals surface area contributed by atoms with Crippen molar-refractivity contribution in [2.45, 2.75) is 25.7 Å². The Morgan fingerprint density at radius 2 is 1.97 bits per heavy atom. The van der Waals surface area contributed by atoms with Gasteiger partial charge < -0.3 is 10.3 Å². The number of rotatable bonds is 4. The van der Waals surface area contributed by atoms with Crippen LogP contribution in [0.25, 0.3) is 43.8 Å². The van der Waals surface area contributed by atoms with E-state index in [4.69, 9.17) is 4.98 Å². The molecule has 0 saturated carbocycles. The zero-order valence-electron chi connectivity index (χ0n) is 17.6. The zero-order valence-corrected chi connectivity index (χ0v) is 18.4. The molecule has 0 amide bonds. The van der Waals surface area contributed by atoms with Gasteiger partial charge in [0.15, 0.2) is 5.78 Å². The van der Waals surface area contributed by atoms with E-state index in [-0.39, 0.29) is 5.78 Å². The molecule has 0 radical (unpaired) electrons. The molecule has 0 atom stereocenters. The SMILES string of the molecule is CC(=O)c1ccc(-c2ccnc3[nH]c(-c4n[nH]c5cnc(C6CCNCC6)cc45)cc23)s1. The summed E-state index contributed by atoms with van der Waals surface area (Å²) in [6.45, 7) is 3.67. The average molecular weight is 443 g/mol. The summed E-state index contributed by atoms with van der Waals surface area (Å²) in [5.41, 5.74) is 5.71. The van der Waals surface area contributed by atoms with Crippen LogP contribution in [0.4, 0.5) is 0 Å². The van der Waals surface area contributed by atoms with Crippen molar-refractivity contribution in [1.29, 1.82) is 0 Å². The lowest BCUT2D eigenvalue weighted by molar-refractivity contribution is 0.102. The molecule has 6 rings (SSSR count). The van der Waals surface area contributed by atoms with E-state index in [9.17, 15) is 4.79 Å². The van der Waals surface area contributed by atoms with Crippen LogP contribution in [-0.4, -0.2) is 44.0 Å². The molecule has 32 heavy (non-hydrogen) atoms. The highest BCUT2D eigenvalue weighted by Crippen LogP contribution is 2.36. The number of ketones is 1. The van der Waals surface area contributed by atoms with Crippen molar-refractivity contribution in [1.82, 2.24) is 30.5 Å². The van der Waals surface area contributed by atoms with E-state index in [1.807, 2.05) is 24.4 Å². The number of Topliss-reactive ketones (excluding diaryl/α,β-unsaturated/α-hetero) is 1. The van der Waals surface area contributed by atoms with Crippen molar-refractivity contribution in [3.63, 3.8) is 0 Å². The van der Waals surface area contributed by atoms with Gasteiger partial charge in [0.1, 0.15) is 11.3 Å². The first-order valence-electron chi connectivity index (χ1n) is 10.8. The fourth-order valence-corrected chi connectivity index (χ4v) is 5.46. The van der Waals surface area contributed by atoms with Crippen LogP contribution in [0, 0.1) is 0 Å². The monoisotopic (exact) mass is 442 g/mol. The Morgan fingerprint density at radius 3 is 2.78 bits per heavy atom. The van der Waals surface area contributed by atoms with E-state index in [1.165, 1.54) is 11.3 Å². The minimum atomic E-state index is 0.0856. The number of aromatic amines is 2. The normalized spacial score (nSPS) is 15.0. The van der Waals surface area contributed by atoms with Gasteiger partial charge in [0.25, 0.3) is 0 Å². The predicted octanol–water partition coefficient (Wildman–Crippen LogP) is 4.90. The number of hydrogen-bond donors (Lipinski definition) is 3. The molecule has 0 aromatic carbocycles. The van der Waals surface area contributed by atoms with Gasteiger partial charge in [-0.3, -0.25) is 14.9 Å². The van der Waals surface area contributed by atoms with Gasteiger partial charge in [0.2, 0.25) is 0 Å². The second-order valence-electron chi connectivity index (χ2n) is 8.28. The van der Waals surface area contributed by atoms with Crippen LogP contribution in [0.2, 0.25) is 0 Å². The lowest BCUT2D eigenvalue weighted by Gasteiger charge is -2.22. The quantitative estimate of drug-likeness (QED) is 0.344. The Morgan fingerprint density at radius 1 is 1.09 bits per heavy atom. The topological polar surface area (TPSA) is 99.4 Å². The molecule has 160 valence electrons. The van der Waals surface area contributed by atoms with Crippen molar-refractivity contribution in [3.05, 3.63) is 53.3 Å². The zero-order chi connectivity index (χ0) is 21.7. The van der Waals surface area contributed by atoms with Crippen LogP contribution in [0.15, 0.2) is 42.7 Å². The van der Waals surface area contributed by atoms with E-state index in [0.29, 0.717) is 5.92 Å². The number of aromatic nitrogens is 5. The molecular weight excluding hydrogens is 420 g/mol. The fourth-order valence-electron chi connectivity index (χ4n) is 4.52. The Bertz CT molecular complexity index is 1460. The number of pyridine rings is 2. The molecule has 8 heteroatoms. The third-order valence-electron chi connectivity index (χ3n) is 6.23. The first-order chi connectivity index (χ1) is 15.7. The summed E-state index contributed by atoms with van der Waals surface area (Å²) in [5, 5.41) is 13.2. The van der Waals surface area contributed by atoms with E-state index >= 15 is 0 Å². The van der Waals surface area contributed by atoms with E-state index < -0.39 is 0 Å². The molecule has 7 nitrogen and oxygen atoms in total. The molecule has 5 aromatic heterocycles. The molecule has 0 spiro atoms. The van der Waals surface area contributed by atoms with Crippen molar-refractivity contribution >= 4 is 39.1 Å². The number of nitrogens with zero attached hydrogens (tertiary/aromatic N) is 3. The van der Waals surface area contributed by atoms with Crippen molar-refractivity contribution in [2.24, 2.45) is 0 Å². The molecule has 0 aliphatic carbocycles. The summed E-state index contributed by atoms with van der Waals surface area (Å²) in [5.74, 6) is 0.566. The number of hydrogen-bond acceptors (Lipinski definition) is 6. The highest BCUT2D eigenvalue weighted by atomic mass is 32.1.